The van der Waals surface area contributed by atoms with E-state index in [0.29, 0.717) is 12.0 Å². The molecule has 23 heavy (non-hydrogen) atoms. The first-order chi connectivity index (χ1) is 11.4. The average molecular weight is 318 g/mol. The average Bonchev–Trinajstić information content (AvgIpc) is 3.34. The molecule has 2 aliphatic heterocycles. The van der Waals surface area contributed by atoms with Crippen molar-refractivity contribution in [2.75, 3.05) is 33.0 Å². The first-order valence-electron chi connectivity index (χ1n) is 9.42. The predicted octanol–water partition coefficient (Wildman–Crippen LogP) is 2.92. The molecule has 3 heterocycles. The van der Waals surface area contributed by atoms with Crippen LogP contribution in [0.1, 0.15) is 37.8 Å². The molecule has 4 rings (SSSR count). The van der Waals surface area contributed by atoms with Gasteiger partial charge in [-0.15, -0.1) is 0 Å². The summed E-state index contributed by atoms with van der Waals surface area (Å²) in [6, 6.07) is 5.18. The van der Waals surface area contributed by atoms with Crippen LogP contribution in [0.15, 0.2) is 18.3 Å². The number of aromatic nitrogens is 1. The molecular formula is C19H30N2O2. The molecule has 4 heteroatoms. The lowest BCUT2D eigenvalue weighted by atomic mass is 10.0. The Morgan fingerprint density at radius 3 is 2.78 bits per heavy atom. The van der Waals surface area contributed by atoms with Gasteiger partial charge in [0.05, 0.1) is 0 Å². The van der Waals surface area contributed by atoms with Crippen LogP contribution < -0.4 is 0 Å². The monoisotopic (exact) mass is 318 g/mol. The van der Waals surface area contributed by atoms with Gasteiger partial charge in [0.15, 0.2) is 0 Å². The van der Waals surface area contributed by atoms with Crippen LogP contribution in [0.2, 0.25) is 0 Å². The van der Waals surface area contributed by atoms with Crippen LogP contribution in [-0.2, 0) is 22.6 Å². The maximum atomic E-state index is 5.90. The molecule has 1 aromatic heterocycles. The number of ether oxygens (including phenoxy) is 2. The molecule has 0 bridgehead atoms. The molecule has 0 spiro atoms. The lowest BCUT2D eigenvalue weighted by Crippen LogP contribution is -2.41. The highest BCUT2D eigenvalue weighted by atomic mass is 16.5. The van der Waals surface area contributed by atoms with Crippen molar-refractivity contribution in [3.8, 4) is 0 Å². The Bertz CT molecular complexity index is 491. The SMILES string of the molecule is c1cc2n(c1)CC(CCOCC1CC1)CN(C1CCOCC1)C2. The zero-order chi connectivity index (χ0) is 15.5. The van der Waals surface area contributed by atoms with Crippen molar-refractivity contribution in [3.05, 3.63) is 24.0 Å². The summed E-state index contributed by atoms with van der Waals surface area (Å²) in [4.78, 5) is 2.72. The summed E-state index contributed by atoms with van der Waals surface area (Å²) < 4.78 is 13.9. The van der Waals surface area contributed by atoms with Gasteiger partial charge in [-0.3, -0.25) is 4.90 Å². The van der Waals surface area contributed by atoms with Gasteiger partial charge in [0.1, 0.15) is 0 Å². The Labute approximate surface area is 139 Å². The van der Waals surface area contributed by atoms with E-state index >= 15 is 0 Å². The number of hydrogen-bond acceptors (Lipinski definition) is 3. The van der Waals surface area contributed by atoms with Gasteiger partial charge in [-0.1, -0.05) is 0 Å². The minimum absolute atomic E-state index is 0.695. The van der Waals surface area contributed by atoms with Crippen molar-refractivity contribution in [2.24, 2.45) is 11.8 Å². The molecular weight excluding hydrogens is 288 g/mol. The molecule has 0 N–H and O–H groups in total. The standard InChI is InChI=1S/C19H30N2O2/c1-2-19-14-21(18-6-10-22-11-7-18)13-17(12-20(19)8-1)5-9-23-15-16-3-4-16/h1-2,8,16-18H,3-7,9-15H2. The van der Waals surface area contributed by atoms with E-state index in [1.807, 2.05) is 0 Å². The molecule has 0 radical (unpaired) electrons. The maximum Gasteiger partial charge on any atom is 0.0494 e. The van der Waals surface area contributed by atoms with Gasteiger partial charge < -0.3 is 14.0 Å². The summed E-state index contributed by atoms with van der Waals surface area (Å²) in [6.07, 6.45) is 8.57. The molecule has 1 saturated heterocycles. The van der Waals surface area contributed by atoms with Crippen molar-refractivity contribution < 1.29 is 9.47 Å². The van der Waals surface area contributed by atoms with Crippen LogP contribution in [0.4, 0.5) is 0 Å². The van der Waals surface area contributed by atoms with E-state index in [4.69, 9.17) is 9.47 Å². The van der Waals surface area contributed by atoms with Gasteiger partial charge in [0.2, 0.25) is 0 Å². The van der Waals surface area contributed by atoms with Crippen molar-refractivity contribution >= 4 is 0 Å². The molecule has 128 valence electrons. The second-order valence-electron chi connectivity index (χ2n) is 7.60. The summed E-state index contributed by atoms with van der Waals surface area (Å²) in [5, 5.41) is 0. The molecule has 4 nitrogen and oxygen atoms in total. The van der Waals surface area contributed by atoms with Crippen LogP contribution in [-0.4, -0.2) is 48.5 Å². The van der Waals surface area contributed by atoms with Gasteiger partial charge in [0, 0.05) is 64.0 Å². The molecule has 2 fully saturated rings. The summed E-state index contributed by atoms with van der Waals surface area (Å²) in [5.41, 5.74) is 1.47. The summed E-state index contributed by atoms with van der Waals surface area (Å²) in [6.45, 7) is 7.23. The molecule has 0 aromatic carbocycles. The number of hydrogen-bond donors (Lipinski definition) is 0. The van der Waals surface area contributed by atoms with E-state index in [2.05, 4.69) is 27.8 Å². The minimum Gasteiger partial charge on any atom is -0.381 e. The summed E-state index contributed by atoms with van der Waals surface area (Å²) >= 11 is 0. The lowest BCUT2D eigenvalue weighted by Gasteiger charge is -2.34. The number of nitrogens with zero attached hydrogens (tertiary/aromatic N) is 2. The Kier molecular flexibility index (Phi) is 5.02. The first kappa shape index (κ1) is 15.7. The van der Waals surface area contributed by atoms with Crippen molar-refractivity contribution in [1.82, 2.24) is 9.47 Å². The Balaban J connectivity index is 1.36. The largest absolute Gasteiger partial charge is 0.381 e. The van der Waals surface area contributed by atoms with Crippen molar-refractivity contribution in [2.45, 2.75) is 51.2 Å². The third kappa shape index (κ3) is 4.17. The molecule has 1 unspecified atom stereocenters. The minimum atomic E-state index is 0.695. The predicted molar refractivity (Wildman–Crippen MR) is 90.3 cm³/mol. The van der Waals surface area contributed by atoms with E-state index in [1.54, 1.807) is 0 Å². The molecule has 1 aromatic rings. The number of rotatable bonds is 6. The van der Waals surface area contributed by atoms with E-state index in [9.17, 15) is 0 Å². The fourth-order valence-corrected chi connectivity index (χ4v) is 4.01. The second kappa shape index (κ2) is 7.37. The Hall–Kier alpha value is -0.840. The van der Waals surface area contributed by atoms with Gasteiger partial charge in [-0.05, 0) is 56.1 Å². The van der Waals surface area contributed by atoms with E-state index in [1.165, 1.54) is 44.3 Å². The maximum absolute atomic E-state index is 5.90. The van der Waals surface area contributed by atoms with Crippen LogP contribution in [0.25, 0.3) is 0 Å². The molecule has 3 aliphatic rings. The first-order valence-corrected chi connectivity index (χ1v) is 9.42. The van der Waals surface area contributed by atoms with Gasteiger partial charge >= 0.3 is 0 Å². The second-order valence-corrected chi connectivity index (χ2v) is 7.60. The van der Waals surface area contributed by atoms with E-state index in [0.717, 1.165) is 45.4 Å². The van der Waals surface area contributed by atoms with Gasteiger partial charge in [-0.2, -0.15) is 0 Å². The Morgan fingerprint density at radius 1 is 1.09 bits per heavy atom. The molecule has 1 saturated carbocycles. The normalized spacial score (nSPS) is 26.9. The number of fused-ring (bicyclic) bond motifs is 1. The van der Waals surface area contributed by atoms with Crippen LogP contribution >= 0.6 is 0 Å². The zero-order valence-electron chi connectivity index (χ0n) is 14.2. The smallest absolute Gasteiger partial charge is 0.0494 e. The van der Waals surface area contributed by atoms with Crippen LogP contribution in [0, 0.1) is 11.8 Å². The highest BCUT2D eigenvalue weighted by Crippen LogP contribution is 2.29. The third-order valence-corrected chi connectivity index (χ3v) is 5.66. The molecule has 0 amide bonds. The zero-order valence-corrected chi connectivity index (χ0v) is 14.2. The van der Waals surface area contributed by atoms with E-state index in [-0.39, 0.29) is 0 Å². The van der Waals surface area contributed by atoms with Crippen molar-refractivity contribution in [1.29, 1.82) is 0 Å². The van der Waals surface area contributed by atoms with Gasteiger partial charge in [-0.25, -0.2) is 0 Å². The fourth-order valence-electron chi connectivity index (χ4n) is 4.01. The summed E-state index contributed by atoms with van der Waals surface area (Å²) in [5.74, 6) is 1.57. The lowest BCUT2D eigenvalue weighted by molar-refractivity contribution is 0.0232. The summed E-state index contributed by atoms with van der Waals surface area (Å²) in [7, 11) is 0. The topological polar surface area (TPSA) is 26.6 Å². The highest BCUT2D eigenvalue weighted by Gasteiger charge is 2.28. The quantitative estimate of drug-likeness (QED) is 0.755. The highest BCUT2D eigenvalue weighted by molar-refractivity contribution is 5.09. The fraction of sp³-hybridized carbons (Fsp3) is 0.789. The van der Waals surface area contributed by atoms with Crippen LogP contribution in [0.3, 0.4) is 0 Å². The van der Waals surface area contributed by atoms with Gasteiger partial charge in [0.25, 0.3) is 0 Å². The third-order valence-electron chi connectivity index (χ3n) is 5.66. The Morgan fingerprint density at radius 2 is 1.96 bits per heavy atom. The van der Waals surface area contributed by atoms with Crippen LogP contribution in [0.5, 0.6) is 0 Å². The van der Waals surface area contributed by atoms with Crippen molar-refractivity contribution in [3.63, 3.8) is 0 Å². The van der Waals surface area contributed by atoms with E-state index < -0.39 is 0 Å². The molecule has 1 aliphatic carbocycles. The molecule has 1 atom stereocenters.